The molecule has 0 radical (unpaired) electrons. The summed E-state index contributed by atoms with van der Waals surface area (Å²) in [6, 6.07) is 3.40. The van der Waals surface area contributed by atoms with Crippen LogP contribution in [0.25, 0.3) is 0 Å². The van der Waals surface area contributed by atoms with Crippen LogP contribution in [0, 0.1) is 0 Å². The number of piperidine rings is 1. The Hall–Kier alpha value is -2.02. The van der Waals surface area contributed by atoms with Crippen LogP contribution in [0.5, 0.6) is 5.88 Å². The van der Waals surface area contributed by atoms with Crippen LogP contribution in [0.15, 0.2) is 12.1 Å². The predicted molar refractivity (Wildman–Crippen MR) is 92.0 cm³/mol. The Kier molecular flexibility index (Phi) is 5.32. The average Bonchev–Trinajstić information content (AvgIpc) is 3.01. The van der Waals surface area contributed by atoms with Gasteiger partial charge in [0.05, 0.1) is 13.2 Å². The number of likely N-dealkylation sites (tertiary alicyclic amines) is 1. The summed E-state index contributed by atoms with van der Waals surface area (Å²) in [7, 11) is 1.48. The second kappa shape index (κ2) is 7.47. The summed E-state index contributed by atoms with van der Waals surface area (Å²) in [5.74, 6) is 0.216. The van der Waals surface area contributed by atoms with Crippen LogP contribution in [0.3, 0.4) is 0 Å². The molecule has 1 aromatic rings. The van der Waals surface area contributed by atoms with Gasteiger partial charge in [-0.15, -0.1) is 0 Å². The normalized spacial score (nSPS) is 21.4. The molecule has 0 aromatic carbocycles. The largest absolute Gasteiger partial charge is 0.481 e. The van der Waals surface area contributed by atoms with Gasteiger partial charge >= 0.3 is 6.09 Å². The van der Waals surface area contributed by atoms with E-state index in [9.17, 15) is 9.59 Å². The van der Waals surface area contributed by atoms with Gasteiger partial charge in [-0.3, -0.25) is 9.69 Å². The Labute approximate surface area is 151 Å². The third kappa shape index (κ3) is 3.66. The molecule has 0 bridgehead atoms. The molecule has 0 spiro atoms. The molecular formula is C17H22ClN3O4. The van der Waals surface area contributed by atoms with Gasteiger partial charge in [-0.1, -0.05) is 18.5 Å². The Morgan fingerprint density at radius 2 is 2.12 bits per heavy atom. The zero-order valence-electron chi connectivity index (χ0n) is 14.4. The first-order valence-electron chi connectivity index (χ1n) is 8.49. The van der Waals surface area contributed by atoms with Crippen molar-refractivity contribution in [1.29, 1.82) is 0 Å². The summed E-state index contributed by atoms with van der Waals surface area (Å²) in [5, 5.41) is 0.225. The van der Waals surface area contributed by atoms with Crippen LogP contribution in [0.4, 0.5) is 4.79 Å². The van der Waals surface area contributed by atoms with E-state index in [0.29, 0.717) is 31.1 Å². The standard InChI is InChI=1S/C17H22ClN3O4/c1-3-12-10-25-17(23)21(12)13-4-6-20(7-5-13)16(22)11-8-14(18)19-15(9-11)24-2/h8-9,12-13H,3-7,10H2,1-2H3. The lowest BCUT2D eigenvalue weighted by Crippen LogP contribution is -2.49. The smallest absolute Gasteiger partial charge is 0.410 e. The number of hydrogen-bond acceptors (Lipinski definition) is 5. The molecule has 2 aliphatic rings. The maximum absolute atomic E-state index is 12.7. The summed E-state index contributed by atoms with van der Waals surface area (Å²) in [5.41, 5.74) is 0.460. The molecule has 0 N–H and O–H groups in total. The number of rotatable bonds is 4. The molecule has 1 unspecified atom stereocenters. The summed E-state index contributed by atoms with van der Waals surface area (Å²) in [4.78, 5) is 32.3. The maximum atomic E-state index is 12.7. The van der Waals surface area contributed by atoms with E-state index in [1.54, 1.807) is 17.0 Å². The van der Waals surface area contributed by atoms with Crippen molar-refractivity contribution in [2.45, 2.75) is 38.3 Å². The van der Waals surface area contributed by atoms with E-state index >= 15 is 0 Å². The van der Waals surface area contributed by atoms with Crippen molar-refractivity contribution >= 4 is 23.6 Å². The lowest BCUT2D eigenvalue weighted by atomic mass is 10.0. The number of aromatic nitrogens is 1. The Morgan fingerprint density at radius 3 is 2.76 bits per heavy atom. The van der Waals surface area contributed by atoms with Gasteiger partial charge in [-0.25, -0.2) is 9.78 Å². The summed E-state index contributed by atoms with van der Waals surface area (Å²) in [6.45, 7) is 3.70. The third-order valence-electron chi connectivity index (χ3n) is 4.85. The molecule has 3 heterocycles. The first-order chi connectivity index (χ1) is 12.0. The topological polar surface area (TPSA) is 72.0 Å². The second-order valence-corrected chi connectivity index (χ2v) is 6.68. The van der Waals surface area contributed by atoms with Crippen LogP contribution in [-0.4, -0.2) is 65.7 Å². The summed E-state index contributed by atoms with van der Waals surface area (Å²) >= 11 is 5.95. The molecule has 1 atom stereocenters. The number of carbonyl (C=O) groups excluding carboxylic acids is 2. The van der Waals surface area contributed by atoms with E-state index < -0.39 is 0 Å². The predicted octanol–water partition coefficient (Wildman–Crippen LogP) is 2.58. The van der Waals surface area contributed by atoms with E-state index in [2.05, 4.69) is 11.9 Å². The van der Waals surface area contributed by atoms with Gasteiger partial charge in [0.15, 0.2) is 0 Å². The molecule has 0 aliphatic carbocycles. The minimum atomic E-state index is -0.234. The van der Waals surface area contributed by atoms with Crippen molar-refractivity contribution in [3.05, 3.63) is 22.8 Å². The highest BCUT2D eigenvalue weighted by Gasteiger charge is 2.39. The molecule has 2 fully saturated rings. The number of carbonyl (C=O) groups is 2. The van der Waals surface area contributed by atoms with E-state index in [0.717, 1.165) is 19.3 Å². The number of halogens is 1. The van der Waals surface area contributed by atoms with Gasteiger partial charge in [-0.2, -0.15) is 0 Å². The van der Waals surface area contributed by atoms with Gasteiger partial charge in [-0.05, 0) is 25.3 Å². The fraction of sp³-hybridized carbons (Fsp3) is 0.588. The highest BCUT2D eigenvalue weighted by Crippen LogP contribution is 2.26. The Bertz CT molecular complexity index is 661. The van der Waals surface area contributed by atoms with Crippen LogP contribution in [0.2, 0.25) is 5.15 Å². The highest BCUT2D eigenvalue weighted by atomic mass is 35.5. The zero-order chi connectivity index (χ0) is 18.0. The fourth-order valence-corrected chi connectivity index (χ4v) is 3.66. The highest BCUT2D eigenvalue weighted by molar-refractivity contribution is 6.29. The second-order valence-electron chi connectivity index (χ2n) is 6.29. The summed E-state index contributed by atoms with van der Waals surface area (Å²) in [6.07, 6.45) is 2.13. The van der Waals surface area contributed by atoms with Gasteiger partial charge < -0.3 is 14.4 Å². The van der Waals surface area contributed by atoms with Crippen molar-refractivity contribution in [3.8, 4) is 5.88 Å². The number of ether oxygens (including phenoxy) is 2. The number of pyridine rings is 1. The minimum Gasteiger partial charge on any atom is -0.481 e. The molecule has 0 saturated carbocycles. The molecule has 7 nitrogen and oxygen atoms in total. The van der Waals surface area contributed by atoms with Crippen molar-refractivity contribution in [3.63, 3.8) is 0 Å². The SMILES string of the molecule is CCC1COC(=O)N1C1CCN(C(=O)c2cc(Cl)nc(OC)c2)CC1. The van der Waals surface area contributed by atoms with Crippen molar-refractivity contribution in [2.24, 2.45) is 0 Å². The molecule has 2 aliphatic heterocycles. The average molecular weight is 368 g/mol. The summed E-state index contributed by atoms with van der Waals surface area (Å²) < 4.78 is 10.2. The van der Waals surface area contributed by atoms with Crippen LogP contribution < -0.4 is 4.74 Å². The third-order valence-corrected chi connectivity index (χ3v) is 5.04. The first-order valence-corrected chi connectivity index (χ1v) is 8.87. The van der Waals surface area contributed by atoms with E-state index in [4.69, 9.17) is 21.1 Å². The van der Waals surface area contributed by atoms with E-state index in [1.165, 1.54) is 7.11 Å². The Balaban J connectivity index is 1.65. The lowest BCUT2D eigenvalue weighted by molar-refractivity contribution is 0.0635. The number of amides is 2. The van der Waals surface area contributed by atoms with Crippen LogP contribution >= 0.6 is 11.6 Å². The zero-order valence-corrected chi connectivity index (χ0v) is 15.2. The molecule has 136 valence electrons. The molecule has 2 saturated heterocycles. The van der Waals surface area contributed by atoms with Crippen molar-refractivity contribution < 1.29 is 19.1 Å². The van der Waals surface area contributed by atoms with Crippen molar-refractivity contribution in [1.82, 2.24) is 14.8 Å². The van der Waals surface area contributed by atoms with Gasteiger partial charge in [0.2, 0.25) is 5.88 Å². The molecule has 1 aromatic heterocycles. The van der Waals surface area contributed by atoms with Gasteiger partial charge in [0.1, 0.15) is 11.8 Å². The number of methoxy groups -OCH3 is 1. The molecular weight excluding hydrogens is 346 g/mol. The fourth-order valence-electron chi connectivity index (χ4n) is 3.46. The number of cyclic esters (lactones) is 1. The molecule has 3 rings (SSSR count). The Morgan fingerprint density at radius 1 is 1.40 bits per heavy atom. The maximum Gasteiger partial charge on any atom is 0.410 e. The molecule has 8 heteroatoms. The van der Waals surface area contributed by atoms with Gasteiger partial charge in [0.25, 0.3) is 5.91 Å². The number of nitrogens with zero attached hydrogens (tertiary/aromatic N) is 3. The molecule has 2 amide bonds. The van der Waals surface area contributed by atoms with E-state index in [1.807, 2.05) is 4.90 Å². The van der Waals surface area contributed by atoms with E-state index in [-0.39, 0.29) is 29.2 Å². The lowest BCUT2D eigenvalue weighted by Gasteiger charge is -2.37. The number of hydrogen-bond donors (Lipinski definition) is 0. The molecule has 25 heavy (non-hydrogen) atoms. The van der Waals surface area contributed by atoms with Crippen molar-refractivity contribution in [2.75, 3.05) is 26.8 Å². The quantitative estimate of drug-likeness (QED) is 0.765. The van der Waals surface area contributed by atoms with Gasteiger partial charge in [0, 0.05) is 30.8 Å². The monoisotopic (exact) mass is 367 g/mol. The first kappa shape index (κ1) is 17.8. The van der Waals surface area contributed by atoms with Crippen LogP contribution in [-0.2, 0) is 4.74 Å². The van der Waals surface area contributed by atoms with Crippen LogP contribution in [0.1, 0.15) is 36.5 Å². The minimum absolute atomic E-state index is 0.0999.